The van der Waals surface area contributed by atoms with Crippen molar-refractivity contribution in [2.75, 3.05) is 26.3 Å². The predicted octanol–water partition coefficient (Wildman–Crippen LogP) is 2.25. The smallest absolute Gasteiger partial charge is 0.182 e. The summed E-state index contributed by atoms with van der Waals surface area (Å²) in [6, 6.07) is 6.76. The van der Waals surface area contributed by atoms with Crippen LogP contribution in [0, 0.1) is 13.8 Å². The second-order valence-electron chi connectivity index (χ2n) is 5.56. The van der Waals surface area contributed by atoms with E-state index in [1.165, 1.54) is 16.7 Å². The minimum atomic E-state index is -0.293. The van der Waals surface area contributed by atoms with Crippen molar-refractivity contribution in [2.24, 2.45) is 0 Å². The predicted molar refractivity (Wildman–Crippen MR) is 70.4 cm³/mol. The van der Waals surface area contributed by atoms with Crippen molar-refractivity contribution in [2.45, 2.75) is 32.6 Å². The Hall–Kier alpha value is -0.900. The van der Waals surface area contributed by atoms with Crippen LogP contribution in [0.15, 0.2) is 18.2 Å². The third kappa shape index (κ3) is 2.44. The Morgan fingerprint density at radius 3 is 2.44 bits per heavy atom. The lowest BCUT2D eigenvalue weighted by molar-refractivity contribution is -0.145. The van der Waals surface area contributed by atoms with Crippen LogP contribution in [0.2, 0.25) is 0 Å². The van der Waals surface area contributed by atoms with Crippen LogP contribution in [-0.2, 0) is 16.0 Å². The average molecular weight is 247 g/mol. The van der Waals surface area contributed by atoms with Gasteiger partial charge in [0, 0.05) is 19.5 Å². The second-order valence-corrected chi connectivity index (χ2v) is 5.56. The molecular formula is C15H21NO2. The molecule has 0 bridgehead atoms. The van der Waals surface area contributed by atoms with Crippen LogP contribution in [-0.4, -0.2) is 37.0 Å². The first-order valence-corrected chi connectivity index (χ1v) is 6.73. The Morgan fingerprint density at radius 1 is 1.11 bits per heavy atom. The maximum Gasteiger partial charge on any atom is 0.182 e. The highest BCUT2D eigenvalue weighted by atomic mass is 16.7. The number of hydrogen-bond donors (Lipinski definition) is 0. The summed E-state index contributed by atoms with van der Waals surface area (Å²) < 4.78 is 11.5. The lowest BCUT2D eigenvalue weighted by atomic mass is 10.1. The highest BCUT2D eigenvalue weighted by molar-refractivity contribution is 5.28. The molecule has 0 radical (unpaired) electrons. The van der Waals surface area contributed by atoms with Crippen molar-refractivity contribution in [3.05, 3.63) is 34.9 Å². The maximum absolute atomic E-state index is 5.75. The molecule has 3 nitrogen and oxygen atoms in total. The van der Waals surface area contributed by atoms with Gasteiger partial charge in [-0.2, -0.15) is 0 Å². The van der Waals surface area contributed by atoms with Crippen LogP contribution in [0.4, 0.5) is 0 Å². The topological polar surface area (TPSA) is 21.7 Å². The molecule has 1 aromatic rings. The minimum absolute atomic E-state index is 0.293. The molecule has 0 N–H and O–H groups in total. The lowest BCUT2D eigenvalue weighted by Gasteiger charge is -2.22. The van der Waals surface area contributed by atoms with E-state index in [9.17, 15) is 0 Å². The molecule has 0 amide bonds. The van der Waals surface area contributed by atoms with E-state index >= 15 is 0 Å². The first kappa shape index (κ1) is 12.2. The molecule has 2 fully saturated rings. The van der Waals surface area contributed by atoms with Gasteiger partial charge in [-0.15, -0.1) is 0 Å². The number of likely N-dealkylation sites (tertiary alicyclic amines) is 1. The van der Waals surface area contributed by atoms with Gasteiger partial charge in [-0.3, -0.25) is 4.90 Å². The van der Waals surface area contributed by atoms with Crippen LogP contribution in [0.25, 0.3) is 0 Å². The number of rotatable bonds is 2. The van der Waals surface area contributed by atoms with Crippen molar-refractivity contribution in [3.8, 4) is 0 Å². The third-order valence-electron chi connectivity index (χ3n) is 3.77. The SMILES string of the molecule is Cc1cc(C)cc(CN2CCC3(C2)OCCO3)c1. The fourth-order valence-electron chi connectivity index (χ4n) is 3.11. The molecule has 1 aromatic carbocycles. The largest absolute Gasteiger partial charge is 0.346 e. The summed E-state index contributed by atoms with van der Waals surface area (Å²) in [5.41, 5.74) is 4.07. The molecule has 18 heavy (non-hydrogen) atoms. The fraction of sp³-hybridized carbons (Fsp3) is 0.600. The van der Waals surface area contributed by atoms with E-state index < -0.39 is 0 Å². The molecule has 1 spiro atoms. The second kappa shape index (κ2) is 4.65. The maximum atomic E-state index is 5.75. The highest BCUT2D eigenvalue weighted by Gasteiger charge is 2.42. The summed E-state index contributed by atoms with van der Waals surface area (Å²) in [6.45, 7) is 8.77. The van der Waals surface area contributed by atoms with Gasteiger partial charge in [0.1, 0.15) is 0 Å². The molecular weight excluding hydrogens is 226 g/mol. The Labute approximate surface area is 109 Å². The molecule has 3 rings (SSSR count). The summed E-state index contributed by atoms with van der Waals surface area (Å²) in [6.07, 6.45) is 0.998. The summed E-state index contributed by atoms with van der Waals surface area (Å²) in [4.78, 5) is 2.43. The number of hydrogen-bond acceptors (Lipinski definition) is 3. The third-order valence-corrected chi connectivity index (χ3v) is 3.77. The molecule has 0 aliphatic carbocycles. The molecule has 0 saturated carbocycles. The van der Waals surface area contributed by atoms with Gasteiger partial charge in [0.2, 0.25) is 0 Å². The quantitative estimate of drug-likeness (QED) is 0.800. The van der Waals surface area contributed by atoms with Gasteiger partial charge in [0.05, 0.1) is 19.8 Å². The Kier molecular flexibility index (Phi) is 3.14. The molecule has 2 aliphatic rings. The van der Waals surface area contributed by atoms with Gasteiger partial charge < -0.3 is 9.47 Å². The lowest BCUT2D eigenvalue weighted by Crippen LogP contribution is -2.34. The average Bonchev–Trinajstić information content (AvgIpc) is 2.89. The minimum Gasteiger partial charge on any atom is -0.346 e. The molecule has 0 atom stereocenters. The van der Waals surface area contributed by atoms with Crippen molar-refractivity contribution < 1.29 is 9.47 Å². The molecule has 2 heterocycles. The van der Waals surface area contributed by atoms with Crippen LogP contribution >= 0.6 is 0 Å². The molecule has 2 saturated heterocycles. The van der Waals surface area contributed by atoms with E-state index in [2.05, 4.69) is 36.9 Å². The van der Waals surface area contributed by atoms with Crippen LogP contribution in [0.3, 0.4) is 0 Å². The van der Waals surface area contributed by atoms with Crippen molar-refractivity contribution >= 4 is 0 Å². The summed E-state index contributed by atoms with van der Waals surface area (Å²) in [5.74, 6) is -0.293. The molecule has 0 unspecified atom stereocenters. The Bertz CT molecular complexity index is 418. The van der Waals surface area contributed by atoms with Crippen molar-refractivity contribution in [3.63, 3.8) is 0 Å². The monoisotopic (exact) mass is 247 g/mol. The number of nitrogens with zero attached hydrogens (tertiary/aromatic N) is 1. The summed E-state index contributed by atoms with van der Waals surface area (Å²) in [5, 5.41) is 0. The van der Waals surface area contributed by atoms with Gasteiger partial charge in [0.25, 0.3) is 0 Å². The summed E-state index contributed by atoms with van der Waals surface area (Å²) >= 11 is 0. The van der Waals surface area contributed by atoms with E-state index in [1.807, 2.05) is 0 Å². The highest BCUT2D eigenvalue weighted by Crippen LogP contribution is 2.31. The standard InChI is InChI=1S/C15H21NO2/c1-12-7-13(2)9-14(8-12)10-16-4-3-15(11-16)17-5-6-18-15/h7-9H,3-6,10-11H2,1-2H3. The first-order valence-electron chi connectivity index (χ1n) is 6.73. The Balaban J connectivity index is 1.67. The van der Waals surface area contributed by atoms with Gasteiger partial charge >= 0.3 is 0 Å². The normalized spacial score (nSPS) is 23.0. The summed E-state index contributed by atoms with van der Waals surface area (Å²) in [7, 11) is 0. The zero-order chi connectivity index (χ0) is 12.6. The van der Waals surface area contributed by atoms with Crippen molar-refractivity contribution in [1.29, 1.82) is 0 Å². The molecule has 98 valence electrons. The molecule has 3 heteroatoms. The number of aryl methyl sites for hydroxylation is 2. The van der Waals surface area contributed by atoms with Crippen LogP contribution in [0.1, 0.15) is 23.1 Å². The Morgan fingerprint density at radius 2 is 1.78 bits per heavy atom. The van der Waals surface area contributed by atoms with E-state index in [-0.39, 0.29) is 5.79 Å². The number of benzene rings is 1. The van der Waals surface area contributed by atoms with E-state index in [0.29, 0.717) is 0 Å². The van der Waals surface area contributed by atoms with Gasteiger partial charge in [-0.1, -0.05) is 29.3 Å². The molecule has 0 aromatic heterocycles. The van der Waals surface area contributed by atoms with Gasteiger partial charge in [0.15, 0.2) is 5.79 Å². The van der Waals surface area contributed by atoms with E-state index in [1.54, 1.807) is 0 Å². The van der Waals surface area contributed by atoms with Crippen LogP contribution in [0.5, 0.6) is 0 Å². The van der Waals surface area contributed by atoms with Crippen LogP contribution < -0.4 is 0 Å². The van der Waals surface area contributed by atoms with Crippen molar-refractivity contribution in [1.82, 2.24) is 4.90 Å². The van der Waals surface area contributed by atoms with Gasteiger partial charge in [-0.25, -0.2) is 0 Å². The van der Waals surface area contributed by atoms with E-state index in [4.69, 9.17) is 9.47 Å². The fourth-order valence-corrected chi connectivity index (χ4v) is 3.11. The zero-order valence-electron chi connectivity index (χ0n) is 11.2. The molecule has 2 aliphatic heterocycles. The number of ether oxygens (including phenoxy) is 2. The zero-order valence-corrected chi connectivity index (χ0v) is 11.2. The first-order chi connectivity index (χ1) is 8.65. The van der Waals surface area contributed by atoms with E-state index in [0.717, 1.165) is 39.3 Å². The van der Waals surface area contributed by atoms with Gasteiger partial charge in [-0.05, 0) is 19.4 Å².